The van der Waals surface area contributed by atoms with Gasteiger partial charge >= 0.3 is 6.03 Å². The van der Waals surface area contributed by atoms with E-state index >= 15 is 0 Å². The molecule has 2 aromatic heterocycles. The Kier molecular flexibility index (Phi) is 5.90. The standard InChI is InChI=1S/C21H27N7O/c1-2-22-21(29)25-18-12-24-27-20(18)16-9-6-10-28(13-16)14-17-11-23-26-19(17)15-7-4-3-5-8-15/h3-5,7-8,11-12,16H,2,6,9-10,13-14H2,1H3,(H,23,26)(H,24,27)(H2,22,25,29). The van der Waals surface area contributed by atoms with Crippen molar-refractivity contribution in [1.29, 1.82) is 0 Å². The van der Waals surface area contributed by atoms with E-state index in [1.54, 1.807) is 6.20 Å². The highest BCUT2D eigenvalue weighted by atomic mass is 16.2. The summed E-state index contributed by atoms with van der Waals surface area (Å²) in [6, 6.07) is 10.1. The van der Waals surface area contributed by atoms with Crippen LogP contribution in [0.4, 0.5) is 10.5 Å². The summed E-state index contributed by atoms with van der Waals surface area (Å²) in [5.74, 6) is 0.301. The zero-order valence-corrected chi connectivity index (χ0v) is 16.6. The SMILES string of the molecule is CCNC(=O)Nc1cn[nH]c1C1CCCN(Cc2cn[nH]c2-c2ccccc2)C1. The number of nitrogens with one attached hydrogen (secondary N) is 4. The third-order valence-electron chi connectivity index (χ3n) is 5.34. The smallest absolute Gasteiger partial charge is 0.319 e. The fourth-order valence-corrected chi connectivity index (χ4v) is 4.00. The van der Waals surface area contributed by atoms with Gasteiger partial charge in [-0.3, -0.25) is 15.1 Å². The fraction of sp³-hybridized carbons (Fsp3) is 0.381. The molecular weight excluding hydrogens is 366 g/mol. The molecule has 1 aromatic carbocycles. The van der Waals surface area contributed by atoms with Gasteiger partial charge in [0.25, 0.3) is 0 Å². The molecule has 1 fully saturated rings. The van der Waals surface area contributed by atoms with E-state index in [1.165, 1.54) is 5.56 Å². The monoisotopic (exact) mass is 393 g/mol. The lowest BCUT2D eigenvalue weighted by Gasteiger charge is -2.32. The lowest BCUT2D eigenvalue weighted by molar-refractivity contribution is 0.199. The number of piperidine rings is 1. The van der Waals surface area contributed by atoms with Gasteiger partial charge in [-0.1, -0.05) is 30.3 Å². The lowest BCUT2D eigenvalue weighted by atomic mass is 9.93. The van der Waals surface area contributed by atoms with Crippen LogP contribution in [0.2, 0.25) is 0 Å². The van der Waals surface area contributed by atoms with E-state index in [0.29, 0.717) is 12.5 Å². The van der Waals surface area contributed by atoms with Gasteiger partial charge in [0.05, 0.1) is 29.5 Å². The molecular formula is C21H27N7O. The Morgan fingerprint density at radius 3 is 2.86 bits per heavy atom. The van der Waals surface area contributed by atoms with Crippen LogP contribution in [0.5, 0.6) is 0 Å². The fourth-order valence-electron chi connectivity index (χ4n) is 4.00. The summed E-state index contributed by atoms with van der Waals surface area (Å²) in [7, 11) is 0. The molecule has 1 saturated heterocycles. The molecule has 29 heavy (non-hydrogen) atoms. The number of nitrogens with zero attached hydrogens (tertiary/aromatic N) is 3. The minimum Gasteiger partial charge on any atom is -0.338 e. The Morgan fingerprint density at radius 2 is 2.03 bits per heavy atom. The molecule has 0 aliphatic carbocycles. The van der Waals surface area contributed by atoms with Gasteiger partial charge in [0.15, 0.2) is 0 Å². The van der Waals surface area contributed by atoms with E-state index in [1.807, 2.05) is 31.3 Å². The quantitative estimate of drug-likeness (QED) is 0.516. The zero-order valence-electron chi connectivity index (χ0n) is 16.6. The van der Waals surface area contributed by atoms with Crippen molar-refractivity contribution in [3.05, 3.63) is 54.0 Å². The van der Waals surface area contributed by atoms with Crippen molar-refractivity contribution in [2.45, 2.75) is 32.2 Å². The lowest BCUT2D eigenvalue weighted by Crippen LogP contribution is -2.34. The number of likely N-dealkylation sites (tertiary alicyclic amines) is 1. The number of anilines is 1. The second-order valence-corrected chi connectivity index (χ2v) is 7.39. The van der Waals surface area contributed by atoms with E-state index in [9.17, 15) is 4.79 Å². The molecule has 1 unspecified atom stereocenters. The number of H-pyrrole nitrogens is 2. The summed E-state index contributed by atoms with van der Waals surface area (Å²) < 4.78 is 0. The number of amides is 2. The molecule has 8 heteroatoms. The van der Waals surface area contributed by atoms with Crippen LogP contribution in [-0.4, -0.2) is 51.0 Å². The number of rotatable bonds is 6. The first-order valence-electron chi connectivity index (χ1n) is 10.1. The van der Waals surface area contributed by atoms with Crippen LogP contribution in [0.3, 0.4) is 0 Å². The van der Waals surface area contributed by atoms with Crippen LogP contribution in [0.15, 0.2) is 42.7 Å². The summed E-state index contributed by atoms with van der Waals surface area (Å²) in [4.78, 5) is 14.4. The van der Waals surface area contributed by atoms with E-state index < -0.39 is 0 Å². The Morgan fingerprint density at radius 1 is 1.21 bits per heavy atom. The van der Waals surface area contributed by atoms with Crippen LogP contribution in [0.25, 0.3) is 11.3 Å². The second-order valence-electron chi connectivity index (χ2n) is 7.39. The number of carbonyl (C=O) groups is 1. The Balaban J connectivity index is 1.45. The first-order chi connectivity index (χ1) is 14.2. The number of carbonyl (C=O) groups excluding carboxylic acids is 1. The summed E-state index contributed by atoms with van der Waals surface area (Å²) in [5.41, 5.74) is 5.18. The van der Waals surface area contributed by atoms with Crippen molar-refractivity contribution in [2.24, 2.45) is 0 Å². The van der Waals surface area contributed by atoms with Crippen LogP contribution >= 0.6 is 0 Å². The third-order valence-corrected chi connectivity index (χ3v) is 5.34. The molecule has 4 N–H and O–H groups in total. The van der Waals surface area contributed by atoms with E-state index in [4.69, 9.17) is 0 Å². The third kappa shape index (κ3) is 4.48. The average molecular weight is 393 g/mol. The molecule has 1 aliphatic rings. The summed E-state index contributed by atoms with van der Waals surface area (Å²) in [5, 5.41) is 20.4. The van der Waals surface area contributed by atoms with E-state index in [0.717, 1.165) is 55.1 Å². The number of aromatic amines is 2. The minimum atomic E-state index is -0.200. The highest BCUT2D eigenvalue weighted by Crippen LogP contribution is 2.31. The normalized spacial score (nSPS) is 17.2. The average Bonchev–Trinajstić information content (AvgIpc) is 3.38. The predicted molar refractivity (Wildman–Crippen MR) is 113 cm³/mol. The summed E-state index contributed by atoms with van der Waals surface area (Å²) in [6.45, 7) is 5.28. The van der Waals surface area contributed by atoms with Gasteiger partial charge in [0, 0.05) is 31.1 Å². The number of hydrogen-bond acceptors (Lipinski definition) is 4. The van der Waals surface area contributed by atoms with Gasteiger partial charge in [-0.25, -0.2) is 4.79 Å². The van der Waals surface area contributed by atoms with Gasteiger partial charge < -0.3 is 10.6 Å². The van der Waals surface area contributed by atoms with Crippen LogP contribution in [-0.2, 0) is 6.54 Å². The molecule has 4 rings (SSSR count). The predicted octanol–water partition coefficient (Wildman–Crippen LogP) is 3.32. The second kappa shape index (κ2) is 8.91. The van der Waals surface area contributed by atoms with E-state index in [2.05, 4.69) is 48.1 Å². The number of hydrogen-bond donors (Lipinski definition) is 4. The highest BCUT2D eigenvalue weighted by molar-refractivity contribution is 5.89. The largest absolute Gasteiger partial charge is 0.338 e. The van der Waals surface area contributed by atoms with Crippen molar-refractivity contribution >= 4 is 11.7 Å². The van der Waals surface area contributed by atoms with Crippen molar-refractivity contribution in [1.82, 2.24) is 30.6 Å². The molecule has 0 saturated carbocycles. The molecule has 0 spiro atoms. The van der Waals surface area contributed by atoms with Gasteiger partial charge in [-0.05, 0) is 31.9 Å². The molecule has 3 heterocycles. The molecule has 8 nitrogen and oxygen atoms in total. The maximum absolute atomic E-state index is 11.9. The van der Waals surface area contributed by atoms with Gasteiger partial charge in [-0.2, -0.15) is 10.2 Å². The Hall–Kier alpha value is -3.13. The zero-order chi connectivity index (χ0) is 20.1. The van der Waals surface area contributed by atoms with Crippen molar-refractivity contribution in [3.8, 4) is 11.3 Å². The maximum Gasteiger partial charge on any atom is 0.319 e. The topological polar surface area (TPSA) is 102 Å². The van der Waals surface area contributed by atoms with Gasteiger partial charge in [0.1, 0.15) is 0 Å². The first kappa shape index (κ1) is 19.2. The molecule has 3 aromatic rings. The van der Waals surface area contributed by atoms with Crippen LogP contribution < -0.4 is 10.6 Å². The first-order valence-corrected chi connectivity index (χ1v) is 10.1. The minimum absolute atomic E-state index is 0.200. The van der Waals surface area contributed by atoms with Crippen LogP contribution in [0.1, 0.15) is 36.9 Å². The molecule has 2 amide bonds. The summed E-state index contributed by atoms with van der Waals surface area (Å²) >= 11 is 0. The molecule has 152 valence electrons. The van der Waals surface area contributed by atoms with Crippen molar-refractivity contribution < 1.29 is 4.79 Å². The number of benzene rings is 1. The number of urea groups is 1. The number of aromatic nitrogens is 4. The van der Waals surface area contributed by atoms with E-state index in [-0.39, 0.29) is 6.03 Å². The van der Waals surface area contributed by atoms with Gasteiger partial charge in [0.2, 0.25) is 0 Å². The Bertz CT molecular complexity index is 933. The summed E-state index contributed by atoms with van der Waals surface area (Å²) in [6.07, 6.45) is 5.78. The highest BCUT2D eigenvalue weighted by Gasteiger charge is 2.26. The molecule has 1 atom stereocenters. The maximum atomic E-state index is 11.9. The van der Waals surface area contributed by atoms with Gasteiger partial charge in [-0.15, -0.1) is 0 Å². The van der Waals surface area contributed by atoms with Crippen molar-refractivity contribution in [3.63, 3.8) is 0 Å². The van der Waals surface area contributed by atoms with Crippen molar-refractivity contribution in [2.75, 3.05) is 25.0 Å². The van der Waals surface area contributed by atoms with Crippen LogP contribution in [0, 0.1) is 0 Å². The molecule has 1 aliphatic heterocycles. The molecule has 0 bridgehead atoms. The molecule has 0 radical (unpaired) electrons. The Labute approximate surface area is 170 Å².